The van der Waals surface area contributed by atoms with Crippen LogP contribution in [0, 0.1) is 6.92 Å². The van der Waals surface area contributed by atoms with Crippen LogP contribution in [-0.2, 0) is 6.54 Å². The smallest absolute Gasteiger partial charge is 0.0205 e. The zero-order valence-corrected chi connectivity index (χ0v) is 9.63. The molecule has 0 aliphatic rings. The lowest BCUT2D eigenvalue weighted by Gasteiger charge is -2.04. The first-order chi connectivity index (χ1) is 5.24. The summed E-state index contributed by atoms with van der Waals surface area (Å²) in [4.78, 5) is 0. The molecule has 0 saturated carbocycles. The molecule has 1 aromatic rings. The van der Waals surface area contributed by atoms with E-state index in [1.54, 1.807) is 0 Å². The standard InChI is InChI=1S/C9H12BrN.ClH/c1-7-3-4-9(10)5-8(7)6-11-2;/h3-5,11H,6H2,1-2H3;1H. The van der Waals surface area contributed by atoms with Crippen LogP contribution in [0.2, 0.25) is 0 Å². The molecule has 0 saturated heterocycles. The van der Waals surface area contributed by atoms with Gasteiger partial charge in [-0.15, -0.1) is 12.4 Å². The van der Waals surface area contributed by atoms with Crippen molar-refractivity contribution in [1.29, 1.82) is 0 Å². The second-order valence-electron chi connectivity index (χ2n) is 2.60. The van der Waals surface area contributed by atoms with Crippen LogP contribution >= 0.6 is 28.3 Å². The second kappa shape index (κ2) is 5.57. The second-order valence-corrected chi connectivity index (χ2v) is 3.52. The van der Waals surface area contributed by atoms with E-state index in [9.17, 15) is 0 Å². The van der Waals surface area contributed by atoms with Crippen molar-refractivity contribution in [1.82, 2.24) is 5.32 Å². The predicted molar refractivity (Wildman–Crippen MR) is 58.9 cm³/mol. The van der Waals surface area contributed by atoms with Crippen LogP contribution in [0.25, 0.3) is 0 Å². The minimum atomic E-state index is 0. The van der Waals surface area contributed by atoms with Crippen molar-refractivity contribution in [3.05, 3.63) is 33.8 Å². The minimum absolute atomic E-state index is 0. The summed E-state index contributed by atoms with van der Waals surface area (Å²) in [6, 6.07) is 6.33. The van der Waals surface area contributed by atoms with Gasteiger partial charge in [-0.1, -0.05) is 22.0 Å². The van der Waals surface area contributed by atoms with E-state index in [0.29, 0.717) is 0 Å². The summed E-state index contributed by atoms with van der Waals surface area (Å²) >= 11 is 3.44. The summed E-state index contributed by atoms with van der Waals surface area (Å²) in [7, 11) is 1.96. The van der Waals surface area contributed by atoms with Crippen molar-refractivity contribution in [2.45, 2.75) is 13.5 Å². The summed E-state index contributed by atoms with van der Waals surface area (Å²) in [6.07, 6.45) is 0. The largest absolute Gasteiger partial charge is 0.316 e. The number of benzene rings is 1. The SMILES string of the molecule is CNCc1cc(Br)ccc1C.Cl. The molecule has 0 atom stereocenters. The van der Waals surface area contributed by atoms with Gasteiger partial charge in [0.15, 0.2) is 0 Å². The van der Waals surface area contributed by atoms with Crippen LogP contribution in [0.5, 0.6) is 0 Å². The highest BCUT2D eigenvalue weighted by molar-refractivity contribution is 9.10. The highest BCUT2D eigenvalue weighted by Crippen LogP contribution is 2.15. The average molecular weight is 251 g/mol. The zero-order chi connectivity index (χ0) is 8.27. The molecule has 12 heavy (non-hydrogen) atoms. The van der Waals surface area contributed by atoms with Crippen molar-refractivity contribution >= 4 is 28.3 Å². The summed E-state index contributed by atoms with van der Waals surface area (Å²) in [6.45, 7) is 3.06. The highest BCUT2D eigenvalue weighted by Gasteiger charge is 1.96. The fraction of sp³-hybridized carbons (Fsp3) is 0.333. The number of hydrogen-bond donors (Lipinski definition) is 1. The molecule has 0 aliphatic carbocycles. The first kappa shape index (κ1) is 11.9. The Labute approximate surface area is 88.1 Å². The Morgan fingerprint density at radius 3 is 2.67 bits per heavy atom. The number of hydrogen-bond acceptors (Lipinski definition) is 1. The number of nitrogens with one attached hydrogen (secondary N) is 1. The Balaban J connectivity index is 0.00000121. The fourth-order valence-electron chi connectivity index (χ4n) is 1.02. The molecular formula is C9H13BrClN. The van der Waals surface area contributed by atoms with E-state index in [-0.39, 0.29) is 12.4 Å². The molecule has 0 bridgehead atoms. The third kappa shape index (κ3) is 3.13. The molecule has 0 fully saturated rings. The molecule has 0 aromatic heterocycles. The monoisotopic (exact) mass is 249 g/mol. The van der Waals surface area contributed by atoms with E-state index >= 15 is 0 Å². The predicted octanol–water partition coefficient (Wildman–Crippen LogP) is 2.90. The Bertz CT molecular complexity index is 250. The van der Waals surface area contributed by atoms with Crippen molar-refractivity contribution in [2.24, 2.45) is 0 Å². The molecule has 0 radical (unpaired) electrons. The molecule has 1 rings (SSSR count). The van der Waals surface area contributed by atoms with Crippen molar-refractivity contribution < 1.29 is 0 Å². The molecule has 0 unspecified atom stereocenters. The van der Waals surface area contributed by atoms with E-state index < -0.39 is 0 Å². The summed E-state index contributed by atoms with van der Waals surface area (Å²) in [5, 5.41) is 3.13. The van der Waals surface area contributed by atoms with Gasteiger partial charge in [0.25, 0.3) is 0 Å². The van der Waals surface area contributed by atoms with Crippen LogP contribution in [0.4, 0.5) is 0 Å². The van der Waals surface area contributed by atoms with Crippen LogP contribution in [0.1, 0.15) is 11.1 Å². The van der Waals surface area contributed by atoms with E-state index in [1.165, 1.54) is 11.1 Å². The van der Waals surface area contributed by atoms with Gasteiger partial charge in [0.2, 0.25) is 0 Å². The fourth-order valence-corrected chi connectivity index (χ4v) is 1.43. The molecule has 0 aliphatic heterocycles. The summed E-state index contributed by atoms with van der Waals surface area (Å²) in [5.41, 5.74) is 2.68. The first-order valence-corrected chi connectivity index (χ1v) is 4.43. The normalized spacial score (nSPS) is 9.25. The minimum Gasteiger partial charge on any atom is -0.316 e. The van der Waals surface area contributed by atoms with Crippen molar-refractivity contribution in [3.8, 4) is 0 Å². The third-order valence-corrected chi connectivity index (χ3v) is 2.17. The quantitative estimate of drug-likeness (QED) is 0.851. The van der Waals surface area contributed by atoms with Gasteiger partial charge in [-0.2, -0.15) is 0 Å². The van der Waals surface area contributed by atoms with Crippen molar-refractivity contribution in [3.63, 3.8) is 0 Å². The van der Waals surface area contributed by atoms with Gasteiger partial charge >= 0.3 is 0 Å². The lowest BCUT2D eigenvalue weighted by Crippen LogP contribution is -2.06. The van der Waals surface area contributed by atoms with Crippen LogP contribution in [0.15, 0.2) is 22.7 Å². The van der Waals surface area contributed by atoms with Gasteiger partial charge in [-0.25, -0.2) is 0 Å². The van der Waals surface area contributed by atoms with Gasteiger partial charge in [0, 0.05) is 11.0 Å². The zero-order valence-electron chi connectivity index (χ0n) is 7.23. The highest BCUT2D eigenvalue weighted by atomic mass is 79.9. The topological polar surface area (TPSA) is 12.0 Å². The number of aryl methyl sites for hydroxylation is 1. The van der Waals surface area contributed by atoms with Crippen molar-refractivity contribution in [2.75, 3.05) is 7.05 Å². The third-order valence-electron chi connectivity index (χ3n) is 1.68. The lowest BCUT2D eigenvalue weighted by atomic mass is 10.1. The lowest BCUT2D eigenvalue weighted by molar-refractivity contribution is 0.811. The molecule has 0 heterocycles. The molecule has 1 aromatic carbocycles. The van der Waals surface area contributed by atoms with E-state index in [4.69, 9.17) is 0 Å². The maximum absolute atomic E-state index is 3.44. The van der Waals surface area contributed by atoms with E-state index in [1.807, 2.05) is 7.05 Å². The Morgan fingerprint density at radius 2 is 2.08 bits per heavy atom. The summed E-state index contributed by atoms with van der Waals surface area (Å²) < 4.78 is 1.15. The molecule has 0 spiro atoms. The van der Waals surface area contributed by atoms with Crippen LogP contribution < -0.4 is 5.32 Å². The Morgan fingerprint density at radius 1 is 1.42 bits per heavy atom. The van der Waals surface area contributed by atoms with Crippen LogP contribution in [-0.4, -0.2) is 7.05 Å². The molecule has 1 N–H and O–H groups in total. The van der Waals surface area contributed by atoms with Crippen LogP contribution in [0.3, 0.4) is 0 Å². The molecule has 1 nitrogen and oxygen atoms in total. The van der Waals surface area contributed by atoms with Gasteiger partial charge in [-0.3, -0.25) is 0 Å². The van der Waals surface area contributed by atoms with Gasteiger partial charge < -0.3 is 5.32 Å². The number of halogens is 2. The molecule has 3 heteroatoms. The maximum atomic E-state index is 3.44. The van der Waals surface area contributed by atoms with Gasteiger partial charge in [0.05, 0.1) is 0 Å². The van der Waals surface area contributed by atoms with Gasteiger partial charge in [0.1, 0.15) is 0 Å². The Kier molecular flexibility index (Phi) is 5.55. The molecular weight excluding hydrogens is 237 g/mol. The maximum Gasteiger partial charge on any atom is 0.0205 e. The molecule has 68 valence electrons. The average Bonchev–Trinajstić information content (AvgIpc) is 1.98. The van der Waals surface area contributed by atoms with E-state index in [0.717, 1.165) is 11.0 Å². The molecule has 0 amide bonds. The van der Waals surface area contributed by atoms with Gasteiger partial charge in [-0.05, 0) is 37.2 Å². The first-order valence-electron chi connectivity index (χ1n) is 3.63. The summed E-state index contributed by atoms with van der Waals surface area (Å²) in [5.74, 6) is 0. The Hall–Kier alpha value is -0.0500. The van der Waals surface area contributed by atoms with E-state index in [2.05, 4.69) is 46.4 Å². The number of rotatable bonds is 2.